The molecule has 0 spiro atoms. The van der Waals surface area contributed by atoms with E-state index in [0.717, 1.165) is 0 Å². The van der Waals surface area contributed by atoms with Gasteiger partial charge in [-0.15, -0.1) is 0 Å². The fourth-order valence-electron chi connectivity index (χ4n) is 1.68. The van der Waals surface area contributed by atoms with Crippen LogP contribution < -0.4 is 5.32 Å². The number of carboxylic acids is 1. The number of carboxylic acid groups (broad SMARTS) is 1. The summed E-state index contributed by atoms with van der Waals surface area (Å²) in [5.41, 5.74) is -0.147. The number of ether oxygens (including phenoxy) is 1. The minimum atomic E-state index is -0.855. The van der Waals surface area contributed by atoms with Gasteiger partial charge in [-0.2, -0.15) is 0 Å². The monoisotopic (exact) mass is 280 g/mol. The van der Waals surface area contributed by atoms with Crippen LogP contribution in [0.4, 0.5) is 5.82 Å². The SMILES string of the molecule is CCOC(=O)c1cccnc1NC(C)(C)CCC(=O)O. The summed E-state index contributed by atoms with van der Waals surface area (Å²) in [6, 6.07) is 3.28. The van der Waals surface area contributed by atoms with Crippen LogP contribution in [0.5, 0.6) is 0 Å². The summed E-state index contributed by atoms with van der Waals surface area (Å²) in [6.07, 6.45) is 2.03. The van der Waals surface area contributed by atoms with E-state index in [9.17, 15) is 9.59 Å². The third kappa shape index (κ3) is 4.87. The van der Waals surface area contributed by atoms with Gasteiger partial charge in [0.1, 0.15) is 11.4 Å². The van der Waals surface area contributed by atoms with Crippen molar-refractivity contribution in [2.45, 2.75) is 39.2 Å². The van der Waals surface area contributed by atoms with Crippen LogP contribution in [0, 0.1) is 0 Å². The van der Waals surface area contributed by atoms with E-state index in [2.05, 4.69) is 10.3 Å². The van der Waals surface area contributed by atoms with Crippen molar-refractivity contribution >= 4 is 17.8 Å². The Bertz CT molecular complexity index is 486. The zero-order chi connectivity index (χ0) is 15.2. The summed E-state index contributed by atoms with van der Waals surface area (Å²) in [4.78, 5) is 26.6. The standard InChI is InChI=1S/C14H20N2O4/c1-4-20-13(19)10-6-5-9-15-12(10)16-14(2,3)8-7-11(17)18/h5-6,9H,4,7-8H2,1-3H3,(H,15,16)(H,17,18). The Morgan fingerprint density at radius 3 is 2.75 bits per heavy atom. The summed E-state index contributed by atoms with van der Waals surface area (Å²) < 4.78 is 4.97. The average molecular weight is 280 g/mol. The molecule has 20 heavy (non-hydrogen) atoms. The molecular formula is C14H20N2O4. The second-order valence-electron chi connectivity index (χ2n) is 5.02. The second-order valence-corrected chi connectivity index (χ2v) is 5.02. The highest BCUT2D eigenvalue weighted by Crippen LogP contribution is 2.21. The van der Waals surface area contributed by atoms with Crippen molar-refractivity contribution in [3.8, 4) is 0 Å². The molecule has 6 nitrogen and oxygen atoms in total. The highest BCUT2D eigenvalue weighted by atomic mass is 16.5. The topological polar surface area (TPSA) is 88.5 Å². The van der Waals surface area contributed by atoms with Crippen molar-refractivity contribution in [3.05, 3.63) is 23.9 Å². The molecule has 0 unspecified atom stereocenters. The van der Waals surface area contributed by atoms with Crippen LogP contribution in [0.2, 0.25) is 0 Å². The van der Waals surface area contributed by atoms with Gasteiger partial charge in [0, 0.05) is 18.2 Å². The minimum Gasteiger partial charge on any atom is -0.481 e. The van der Waals surface area contributed by atoms with Gasteiger partial charge in [-0.3, -0.25) is 4.79 Å². The quantitative estimate of drug-likeness (QED) is 0.745. The molecule has 1 heterocycles. The Kier molecular flexibility index (Phi) is 5.49. The number of aromatic nitrogens is 1. The first kappa shape index (κ1) is 15.9. The van der Waals surface area contributed by atoms with E-state index in [-0.39, 0.29) is 13.0 Å². The molecule has 0 aliphatic heterocycles. The molecule has 6 heteroatoms. The summed E-state index contributed by atoms with van der Waals surface area (Å²) in [5, 5.41) is 11.8. The van der Waals surface area contributed by atoms with Gasteiger partial charge in [0.2, 0.25) is 0 Å². The number of carbonyl (C=O) groups is 2. The Hall–Kier alpha value is -2.11. The van der Waals surface area contributed by atoms with Crippen molar-refractivity contribution in [1.29, 1.82) is 0 Å². The molecule has 0 radical (unpaired) electrons. The lowest BCUT2D eigenvalue weighted by molar-refractivity contribution is -0.137. The van der Waals surface area contributed by atoms with Gasteiger partial charge in [-0.05, 0) is 39.3 Å². The number of pyridine rings is 1. The minimum absolute atomic E-state index is 0.0432. The predicted octanol–water partition coefficient (Wildman–Crippen LogP) is 2.31. The molecule has 0 aliphatic rings. The van der Waals surface area contributed by atoms with Gasteiger partial charge in [0.05, 0.1) is 6.61 Å². The summed E-state index contributed by atoms with van der Waals surface area (Å²) >= 11 is 0. The number of rotatable bonds is 7. The van der Waals surface area contributed by atoms with Gasteiger partial charge in [0.25, 0.3) is 0 Å². The maximum atomic E-state index is 11.8. The largest absolute Gasteiger partial charge is 0.481 e. The van der Waals surface area contributed by atoms with Crippen LogP contribution in [0.25, 0.3) is 0 Å². The van der Waals surface area contributed by atoms with Crippen LogP contribution in [-0.2, 0) is 9.53 Å². The number of carbonyl (C=O) groups excluding carboxylic acids is 1. The number of nitrogens with one attached hydrogen (secondary N) is 1. The molecule has 110 valence electrons. The fraction of sp³-hybridized carbons (Fsp3) is 0.500. The summed E-state index contributed by atoms with van der Waals surface area (Å²) in [5.74, 6) is -0.898. The van der Waals surface area contributed by atoms with Gasteiger partial charge in [-0.25, -0.2) is 9.78 Å². The van der Waals surface area contributed by atoms with Crippen molar-refractivity contribution in [2.75, 3.05) is 11.9 Å². The maximum absolute atomic E-state index is 11.8. The van der Waals surface area contributed by atoms with Crippen molar-refractivity contribution in [2.24, 2.45) is 0 Å². The molecule has 1 aromatic heterocycles. The van der Waals surface area contributed by atoms with Gasteiger partial charge in [0.15, 0.2) is 0 Å². The molecule has 0 aliphatic carbocycles. The molecule has 1 aromatic rings. The lowest BCUT2D eigenvalue weighted by Crippen LogP contribution is -2.33. The van der Waals surface area contributed by atoms with E-state index < -0.39 is 17.5 Å². The molecule has 0 fully saturated rings. The van der Waals surface area contributed by atoms with Gasteiger partial charge in [-0.1, -0.05) is 0 Å². The Morgan fingerprint density at radius 2 is 2.15 bits per heavy atom. The molecular weight excluding hydrogens is 260 g/mol. The van der Waals surface area contributed by atoms with Crippen LogP contribution in [0.15, 0.2) is 18.3 Å². The first-order chi connectivity index (χ1) is 9.35. The number of nitrogens with zero attached hydrogens (tertiary/aromatic N) is 1. The number of aliphatic carboxylic acids is 1. The fourth-order valence-corrected chi connectivity index (χ4v) is 1.68. The number of hydrogen-bond acceptors (Lipinski definition) is 5. The molecule has 0 bridgehead atoms. The first-order valence-corrected chi connectivity index (χ1v) is 6.48. The first-order valence-electron chi connectivity index (χ1n) is 6.48. The van der Waals surface area contributed by atoms with Crippen molar-refractivity contribution in [3.63, 3.8) is 0 Å². The molecule has 1 rings (SSSR count). The Labute approximate surface area is 118 Å². The molecule has 0 aromatic carbocycles. The molecule has 2 N–H and O–H groups in total. The number of anilines is 1. The molecule has 0 amide bonds. The van der Waals surface area contributed by atoms with Crippen LogP contribution >= 0.6 is 0 Å². The van der Waals surface area contributed by atoms with Gasteiger partial charge < -0.3 is 15.2 Å². The normalized spacial score (nSPS) is 10.9. The van der Waals surface area contributed by atoms with Crippen LogP contribution in [0.3, 0.4) is 0 Å². The van der Waals surface area contributed by atoms with Gasteiger partial charge >= 0.3 is 11.9 Å². The predicted molar refractivity (Wildman–Crippen MR) is 74.8 cm³/mol. The van der Waals surface area contributed by atoms with E-state index in [0.29, 0.717) is 17.8 Å². The third-order valence-corrected chi connectivity index (χ3v) is 2.72. The second kappa shape index (κ2) is 6.88. The highest BCUT2D eigenvalue weighted by molar-refractivity contribution is 5.94. The number of esters is 1. The maximum Gasteiger partial charge on any atom is 0.341 e. The van der Waals surface area contributed by atoms with Crippen molar-refractivity contribution in [1.82, 2.24) is 4.98 Å². The molecule has 0 atom stereocenters. The highest BCUT2D eigenvalue weighted by Gasteiger charge is 2.22. The molecule has 0 saturated heterocycles. The smallest absolute Gasteiger partial charge is 0.341 e. The third-order valence-electron chi connectivity index (χ3n) is 2.72. The average Bonchev–Trinajstić information content (AvgIpc) is 2.37. The van der Waals surface area contributed by atoms with E-state index in [4.69, 9.17) is 9.84 Å². The van der Waals surface area contributed by atoms with Crippen LogP contribution in [-0.4, -0.2) is 34.2 Å². The zero-order valence-corrected chi connectivity index (χ0v) is 12.0. The zero-order valence-electron chi connectivity index (χ0n) is 12.0. The van der Waals surface area contributed by atoms with E-state index in [1.54, 1.807) is 25.3 Å². The van der Waals surface area contributed by atoms with Crippen molar-refractivity contribution < 1.29 is 19.4 Å². The lowest BCUT2D eigenvalue weighted by Gasteiger charge is -2.27. The summed E-state index contributed by atoms with van der Waals surface area (Å²) in [7, 11) is 0. The number of hydrogen-bond donors (Lipinski definition) is 2. The lowest BCUT2D eigenvalue weighted by atomic mass is 9.98. The Balaban J connectivity index is 2.86. The summed E-state index contributed by atoms with van der Waals surface area (Å²) in [6.45, 7) is 5.74. The Morgan fingerprint density at radius 1 is 1.45 bits per heavy atom. The van der Waals surface area contributed by atoms with E-state index >= 15 is 0 Å². The molecule has 0 saturated carbocycles. The van der Waals surface area contributed by atoms with E-state index in [1.807, 2.05) is 13.8 Å². The van der Waals surface area contributed by atoms with E-state index in [1.165, 1.54) is 0 Å². The van der Waals surface area contributed by atoms with Crippen LogP contribution in [0.1, 0.15) is 44.0 Å².